The molecule has 1 saturated carbocycles. The van der Waals surface area contributed by atoms with E-state index in [0.29, 0.717) is 27.7 Å². The Kier molecular flexibility index (Phi) is 6.32. The summed E-state index contributed by atoms with van der Waals surface area (Å²) in [6.45, 7) is 0. The molecule has 1 aromatic heterocycles. The molecule has 0 atom stereocenters. The fourth-order valence-electron chi connectivity index (χ4n) is 3.91. The van der Waals surface area contributed by atoms with Crippen LogP contribution in [0, 0.1) is 0 Å². The van der Waals surface area contributed by atoms with Crippen LogP contribution in [-0.2, 0) is 0 Å². The Bertz CT molecular complexity index is 1160. The predicted molar refractivity (Wildman–Crippen MR) is 124 cm³/mol. The first-order valence-electron chi connectivity index (χ1n) is 10.3. The fraction of sp³-hybridized carbons (Fsp3) is 0.304. The van der Waals surface area contributed by atoms with E-state index in [-0.39, 0.29) is 11.7 Å². The molecule has 0 unspecified atom stereocenters. The molecular formula is C23H24ClN3O4. The molecule has 1 fully saturated rings. The number of para-hydroxylation sites is 1. The molecule has 1 aliphatic rings. The minimum atomic E-state index is -0.620. The highest BCUT2D eigenvalue weighted by molar-refractivity contribution is 6.31. The number of halogens is 1. The van der Waals surface area contributed by atoms with E-state index in [2.05, 4.69) is 16.0 Å². The Labute approximate surface area is 184 Å². The van der Waals surface area contributed by atoms with Gasteiger partial charge in [-0.1, -0.05) is 43.0 Å². The minimum Gasteiger partial charge on any atom is -0.495 e. The monoisotopic (exact) mass is 441 g/mol. The first kappa shape index (κ1) is 21.1. The standard InChI is InChI=1S/C23H24ClN3O4/c1-30-19-12-11-14(24)13-17(19)26-23(29)27-21-20(25-15-7-3-2-4-8-15)16-9-5-6-10-18(16)31-22(21)28/h5-6,9-13,15,25H,2-4,7-8H2,1H3,(H2,26,27,29). The SMILES string of the molecule is COc1ccc(Cl)cc1NC(=O)Nc1c(NC2CCCCC2)c2ccccc2oc1=O. The van der Waals surface area contributed by atoms with Crippen molar-refractivity contribution in [2.45, 2.75) is 38.1 Å². The van der Waals surface area contributed by atoms with Gasteiger partial charge in [-0.15, -0.1) is 0 Å². The molecule has 31 heavy (non-hydrogen) atoms. The van der Waals surface area contributed by atoms with E-state index in [1.54, 1.807) is 30.3 Å². The van der Waals surface area contributed by atoms with Crippen molar-refractivity contribution in [3.05, 3.63) is 57.9 Å². The van der Waals surface area contributed by atoms with Crippen LogP contribution in [0.2, 0.25) is 5.02 Å². The third-order valence-corrected chi connectivity index (χ3v) is 5.65. The molecule has 0 spiro atoms. The van der Waals surface area contributed by atoms with Crippen molar-refractivity contribution < 1.29 is 13.9 Å². The minimum absolute atomic E-state index is 0.0720. The van der Waals surface area contributed by atoms with Gasteiger partial charge >= 0.3 is 11.7 Å². The summed E-state index contributed by atoms with van der Waals surface area (Å²) in [5, 5.41) is 10.0. The molecule has 3 aromatic rings. The van der Waals surface area contributed by atoms with Gasteiger partial charge in [-0.05, 0) is 43.2 Å². The summed E-state index contributed by atoms with van der Waals surface area (Å²) in [6, 6.07) is 11.8. The van der Waals surface area contributed by atoms with Crippen LogP contribution in [-0.4, -0.2) is 19.2 Å². The van der Waals surface area contributed by atoms with E-state index in [9.17, 15) is 9.59 Å². The highest BCUT2D eigenvalue weighted by Crippen LogP contribution is 2.32. The number of benzene rings is 2. The number of ether oxygens (including phenoxy) is 1. The summed E-state index contributed by atoms with van der Waals surface area (Å²) in [5.74, 6) is 0.450. The number of carbonyl (C=O) groups excluding carboxylic acids is 1. The van der Waals surface area contributed by atoms with Crippen molar-refractivity contribution >= 4 is 45.7 Å². The maximum Gasteiger partial charge on any atom is 0.362 e. The molecule has 1 aliphatic carbocycles. The van der Waals surface area contributed by atoms with Crippen molar-refractivity contribution in [3.63, 3.8) is 0 Å². The van der Waals surface area contributed by atoms with Crippen molar-refractivity contribution in [1.82, 2.24) is 0 Å². The van der Waals surface area contributed by atoms with Gasteiger partial charge in [0.2, 0.25) is 0 Å². The molecule has 4 rings (SSSR count). The van der Waals surface area contributed by atoms with Crippen molar-refractivity contribution in [2.75, 3.05) is 23.1 Å². The lowest BCUT2D eigenvalue weighted by Gasteiger charge is -2.25. The topological polar surface area (TPSA) is 92.6 Å². The smallest absolute Gasteiger partial charge is 0.362 e. The maximum absolute atomic E-state index is 12.8. The lowest BCUT2D eigenvalue weighted by molar-refractivity contribution is 0.262. The number of fused-ring (bicyclic) bond motifs is 1. The number of amides is 2. The van der Waals surface area contributed by atoms with Crippen LogP contribution < -0.4 is 26.3 Å². The van der Waals surface area contributed by atoms with Gasteiger partial charge in [0.15, 0.2) is 5.69 Å². The van der Waals surface area contributed by atoms with Crippen LogP contribution in [0.25, 0.3) is 11.0 Å². The highest BCUT2D eigenvalue weighted by atomic mass is 35.5. The van der Waals surface area contributed by atoms with E-state index in [0.717, 1.165) is 31.1 Å². The van der Waals surface area contributed by atoms with Crippen molar-refractivity contribution in [2.24, 2.45) is 0 Å². The normalized spacial score (nSPS) is 14.3. The van der Waals surface area contributed by atoms with Crippen LogP contribution >= 0.6 is 11.6 Å². The summed E-state index contributed by atoms with van der Waals surface area (Å²) >= 11 is 6.04. The molecule has 2 amide bonds. The number of hydrogen-bond acceptors (Lipinski definition) is 5. The zero-order valence-electron chi connectivity index (χ0n) is 17.2. The Morgan fingerprint density at radius 3 is 2.61 bits per heavy atom. The quantitative estimate of drug-likeness (QED) is 0.432. The van der Waals surface area contributed by atoms with Crippen LogP contribution in [0.4, 0.5) is 21.9 Å². The Hall–Kier alpha value is -3.19. The first-order valence-corrected chi connectivity index (χ1v) is 10.7. The number of hydrogen-bond donors (Lipinski definition) is 3. The zero-order valence-corrected chi connectivity index (χ0v) is 17.9. The average Bonchev–Trinajstić information content (AvgIpc) is 2.77. The van der Waals surface area contributed by atoms with E-state index < -0.39 is 11.7 Å². The fourth-order valence-corrected chi connectivity index (χ4v) is 4.08. The summed E-state index contributed by atoms with van der Waals surface area (Å²) < 4.78 is 10.7. The average molecular weight is 442 g/mol. The predicted octanol–water partition coefficient (Wildman–Crippen LogP) is 5.84. The van der Waals surface area contributed by atoms with Crippen LogP contribution in [0.15, 0.2) is 51.7 Å². The number of urea groups is 1. The Balaban J connectivity index is 1.67. The molecule has 0 bridgehead atoms. The summed E-state index contributed by atoms with van der Waals surface area (Å²) in [7, 11) is 1.50. The lowest BCUT2D eigenvalue weighted by Crippen LogP contribution is -2.28. The second-order valence-electron chi connectivity index (χ2n) is 7.54. The summed E-state index contributed by atoms with van der Waals surface area (Å²) in [4.78, 5) is 25.5. The van der Waals surface area contributed by atoms with Gasteiger partial charge in [-0.2, -0.15) is 0 Å². The van der Waals surface area contributed by atoms with Crippen molar-refractivity contribution in [1.29, 1.82) is 0 Å². The molecule has 0 radical (unpaired) electrons. The number of carbonyl (C=O) groups is 1. The third kappa shape index (κ3) is 4.77. The number of methoxy groups -OCH3 is 1. The van der Waals surface area contributed by atoms with Gasteiger partial charge in [0, 0.05) is 16.5 Å². The first-order chi connectivity index (χ1) is 15.0. The Morgan fingerprint density at radius 2 is 1.84 bits per heavy atom. The number of anilines is 3. The van der Waals surface area contributed by atoms with Gasteiger partial charge in [-0.25, -0.2) is 9.59 Å². The lowest BCUT2D eigenvalue weighted by atomic mass is 9.95. The molecule has 8 heteroatoms. The van der Waals surface area contributed by atoms with Gasteiger partial charge < -0.3 is 19.8 Å². The maximum atomic E-state index is 12.8. The molecule has 1 heterocycles. The number of rotatable bonds is 5. The summed E-state index contributed by atoms with van der Waals surface area (Å²) in [6.07, 6.45) is 5.51. The second kappa shape index (κ2) is 9.31. The van der Waals surface area contributed by atoms with E-state index in [4.69, 9.17) is 20.8 Å². The Morgan fingerprint density at radius 1 is 1.06 bits per heavy atom. The van der Waals surface area contributed by atoms with E-state index in [1.807, 2.05) is 12.1 Å². The van der Waals surface area contributed by atoms with E-state index in [1.165, 1.54) is 13.5 Å². The second-order valence-corrected chi connectivity index (χ2v) is 7.98. The molecule has 3 N–H and O–H groups in total. The van der Waals surface area contributed by atoms with Crippen LogP contribution in [0.3, 0.4) is 0 Å². The summed E-state index contributed by atoms with van der Waals surface area (Å²) in [5.41, 5.74) is 0.882. The molecule has 0 aliphatic heterocycles. The molecule has 7 nitrogen and oxygen atoms in total. The molecular weight excluding hydrogens is 418 g/mol. The van der Waals surface area contributed by atoms with Crippen LogP contribution in [0.1, 0.15) is 32.1 Å². The van der Waals surface area contributed by atoms with Gasteiger partial charge in [0.05, 0.1) is 18.5 Å². The number of nitrogens with one attached hydrogen (secondary N) is 3. The largest absolute Gasteiger partial charge is 0.495 e. The third-order valence-electron chi connectivity index (χ3n) is 5.42. The van der Waals surface area contributed by atoms with Gasteiger partial charge in [-0.3, -0.25) is 5.32 Å². The van der Waals surface area contributed by atoms with Gasteiger partial charge in [0.25, 0.3) is 0 Å². The van der Waals surface area contributed by atoms with Crippen molar-refractivity contribution in [3.8, 4) is 5.75 Å². The highest BCUT2D eigenvalue weighted by Gasteiger charge is 2.21. The van der Waals surface area contributed by atoms with Crippen LogP contribution in [0.5, 0.6) is 5.75 Å². The molecule has 2 aromatic carbocycles. The molecule has 162 valence electrons. The van der Waals surface area contributed by atoms with Gasteiger partial charge in [0.1, 0.15) is 11.3 Å². The molecule has 0 saturated heterocycles. The zero-order chi connectivity index (χ0) is 21.8. The van der Waals surface area contributed by atoms with E-state index >= 15 is 0 Å².